The summed E-state index contributed by atoms with van der Waals surface area (Å²) in [7, 11) is 1.58. The SMILES string of the molecule is CNC(=N)NCC(=O)Cl.Cl. The van der Waals surface area contributed by atoms with Gasteiger partial charge in [-0.3, -0.25) is 10.2 Å². The van der Waals surface area contributed by atoms with Gasteiger partial charge in [0.2, 0.25) is 5.24 Å². The van der Waals surface area contributed by atoms with Crippen molar-refractivity contribution in [2.24, 2.45) is 0 Å². The lowest BCUT2D eigenvalue weighted by Crippen LogP contribution is -2.35. The third-order valence-electron chi connectivity index (χ3n) is 0.654. The lowest BCUT2D eigenvalue weighted by molar-refractivity contribution is -0.110. The fraction of sp³-hybridized carbons (Fsp3) is 0.500. The molecule has 0 atom stereocenters. The molecule has 0 saturated carbocycles. The largest absolute Gasteiger partial charge is 0.360 e. The summed E-state index contributed by atoms with van der Waals surface area (Å²) >= 11 is 4.95. The highest BCUT2D eigenvalue weighted by Gasteiger charge is 1.94. The van der Waals surface area contributed by atoms with Crippen LogP contribution in [0.3, 0.4) is 0 Å². The molecule has 4 nitrogen and oxygen atoms in total. The van der Waals surface area contributed by atoms with Gasteiger partial charge in [-0.05, 0) is 11.6 Å². The van der Waals surface area contributed by atoms with Gasteiger partial charge < -0.3 is 10.6 Å². The minimum atomic E-state index is -0.505. The number of carbonyl (C=O) groups is 1. The molecule has 0 aromatic heterocycles. The van der Waals surface area contributed by atoms with Crippen molar-refractivity contribution in [3.8, 4) is 0 Å². The fourth-order valence-corrected chi connectivity index (χ4v) is 0.313. The van der Waals surface area contributed by atoms with E-state index < -0.39 is 5.24 Å². The zero-order valence-corrected chi connectivity index (χ0v) is 6.97. The molecule has 6 heteroatoms. The first-order chi connectivity index (χ1) is 4.16. The quantitative estimate of drug-likeness (QED) is 0.321. The van der Waals surface area contributed by atoms with Crippen LogP contribution in [-0.4, -0.2) is 24.8 Å². The highest BCUT2D eigenvalue weighted by molar-refractivity contribution is 6.64. The highest BCUT2D eigenvalue weighted by Crippen LogP contribution is 1.73. The molecule has 0 saturated heterocycles. The average molecular weight is 186 g/mol. The Morgan fingerprint density at radius 1 is 1.70 bits per heavy atom. The molecule has 0 bridgehead atoms. The predicted molar refractivity (Wildman–Crippen MR) is 42.9 cm³/mol. The van der Waals surface area contributed by atoms with Gasteiger partial charge in [0.1, 0.15) is 0 Å². The maximum absolute atomic E-state index is 10.0. The molecular weight excluding hydrogens is 177 g/mol. The molecule has 0 aliphatic carbocycles. The molecule has 60 valence electrons. The molecule has 0 aromatic carbocycles. The van der Waals surface area contributed by atoms with Crippen molar-refractivity contribution in [2.75, 3.05) is 13.6 Å². The van der Waals surface area contributed by atoms with Crippen molar-refractivity contribution >= 4 is 35.2 Å². The highest BCUT2D eigenvalue weighted by atomic mass is 35.5. The van der Waals surface area contributed by atoms with Crippen molar-refractivity contribution < 1.29 is 4.79 Å². The molecule has 0 spiro atoms. The van der Waals surface area contributed by atoms with Crippen molar-refractivity contribution in [3.05, 3.63) is 0 Å². The monoisotopic (exact) mass is 185 g/mol. The van der Waals surface area contributed by atoms with Gasteiger partial charge in [0.15, 0.2) is 5.96 Å². The molecule has 0 heterocycles. The van der Waals surface area contributed by atoms with E-state index in [1.54, 1.807) is 7.05 Å². The van der Waals surface area contributed by atoms with Crippen LogP contribution >= 0.6 is 24.0 Å². The molecule has 0 radical (unpaired) electrons. The van der Waals surface area contributed by atoms with E-state index in [2.05, 4.69) is 10.6 Å². The molecule has 3 N–H and O–H groups in total. The summed E-state index contributed by atoms with van der Waals surface area (Å²) in [5, 5.41) is 11.3. The van der Waals surface area contributed by atoms with Crippen LogP contribution in [0.2, 0.25) is 0 Å². The Balaban J connectivity index is 0. The summed E-state index contributed by atoms with van der Waals surface area (Å²) in [4.78, 5) is 10.0. The van der Waals surface area contributed by atoms with Gasteiger partial charge in [-0.15, -0.1) is 12.4 Å². The summed E-state index contributed by atoms with van der Waals surface area (Å²) in [6.07, 6.45) is 0. The maximum atomic E-state index is 10.0. The number of nitrogens with one attached hydrogen (secondary N) is 3. The Hall–Kier alpha value is -0.480. The summed E-state index contributed by atoms with van der Waals surface area (Å²) in [6.45, 7) is -0.0127. The van der Waals surface area contributed by atoms with Crippen LogP contribution in [-0.2, 0) is 4.79 Å². The Morgan fingerprint density at radius 2 is 2.20 bits per heavy atom. The smallest absolute Gasteiger partial charge is 0.240 e. The van der Waals surface area contributed by atoms with Crippen LogP contribution in [0.5, 0.6) is 0 Å². The lowest BCUT2D eigenvalue weighted by Gasteiger charge is -2.01. The average Bonchev–Trinajstić information content (AvgIpc) is 1.83. The number of guanidine groups is 1. The molecule has 0 aromatic rings. The number of carbonyl (C=O) groups excluding carboxylic acids is 1. The van der Waals surface area contributed by atoms with E-state index >= 15 is 0 Å². The minimum absolute atomic E-state index is 0. The van der Waals surface area contributed by atoms with E-state index in [4.69, 9.17) is 17.0 Å². The number of hydrogen-bond donors (Lipinski definition) is 3. The molecule has 0 aliphatic rings. The Kier molecular flexibility index (Phi) is 8.11. The first-order valence-electron chi connectivity index (χ1n) is 2.35. The third kappa shape index (κ3) is 7.52. The van der Waals surface area contributed by atoms with E-state index in [0.717, 1.165) is 0 Å². The molecule has 0 unspecified atom stereocenters. The van der Waals surface area contributed by atoms with Crippen LogP contribution in [0.4, 0.5) is 0 Å². The van der Waals surface area contributed by atoms with Crippen LogP contribution < -0.4 is 10.6 Å². The molecule has 10 heavy (non-hydrogen) atoms. The van der Waals surface area contributed by atoms with Crippen molar-refractivity contribution in [1.29, 1.82) is 5.41 Å². The van der Waals surface area contributed by atoms with Crippen molar-refractivity contribution in [1.82, 2.24) is 10.6 Å². The number of rotatable bonds is 2. The first-order valence-corrected chi connectivity index (χ1v) is 2.73. The Bertz CT molecular complexity index is 128. The molecule has 0 amide bonds. The fourth-order valence-electron chi connectivity index (χ4n) is 0.246. The van der Waals surface area contributed by atoms with Crippen LogP contribution in [0.1, 0.15) is 0 Å². The van der Waals surface area contributed by atoms with Crippen molar-refractivity contribution in [2.45, 2.75) is 0 Å². The van der Waals surface area contributed by atoms with Gasteiger partial charge >= 0.3 is 0 Å². The van der Waals surface area contributed by atoms with Gasteiger partial charge in [0.05, 0.1) is 6.54 Å². The number of halogens is 2. The van der Waals surface area contributed by atoms with E-state index in [1.165, 1.54) is 0 Å². The normalized spacial score (nSPS) is 7.40. The Labute approximate surface area is 70.2 Å². The van der Waals surface area contributed by atoms with Crippen LogP contribution in [0, 0.1) is 5.41 Å². The van der Waals surface area contributed by atoms with Gasteiger partial charge in [-0.25, -0.2) is 0 Å². The van der Waals surface area contributed by atoms with Crippen molar-refractivity contribution in [3.63, 3.8) is 0 Å². The minimum Gasteiger partial charge on any atom is -0.360 e. The summed E-state index contributed by atoms with van der Waals surface area (Å²) in [5.74, 6) is 0.0870. The van der Waals surface area contributed by atoms with Gasteiger partial charge in [-0.2, -0.15) is 0 Å². The van der Waals surface area contributed by atoms with Gasteiger partial charge in [-0.1, -0.05) is 0 Å². The van der Waals surface area contributed by atoms with E-state index in [1.807, 2.05) is 0 Å². The predicted octanol–water partition coefficient (Wildman–Crippen LogP) is -0.0826. The van der Waals surface area contributed by atoms with E-state index in [0.29, 0.717) is 0 Å². The molecule has 0 rings (SSSR count). The second-order valence-corrected chi connectivity index (χ2v) is 1.76. The zero-order valence-electron chi connectivity index (χ0n) is 5.40. The van der Waals surface area contributed by atoms with Gasteiger partial charge in [0.25, 0.3) is 0 Å². The second kappa shape index (κ2) is 6.64. The maximum Gasteiger partial charge on any atom is 0.240 e. The lowest BCUT2D eigenvalue weighted by atomic mass is 10.7. The van der Waals surface area contributed by atoms with Crippen LogP contribution in [0.25, 0.3) is 0 Å². The molecule has 0 aliphatic heterocycles. The molecule has 0 fully saturated rings. The summed E-state index contributed by atoms with van der Waals surface area (Å²) < 4.78 is 0. The summed E-state index contributed by atoms with van der Waals surface area (Å²) in [6, 6.07) is 0. The second-order valence-electron chi connectivity index (χ2n) is 1.33. The van der Waals surface area contributed by atoms with E-state index in [9.17, 15) is 4.79 Å². The van der Waals surface area contributed by atoms with E-state index in [-0.39, 0.29) is 24.9 Å². The standard InChI is InChI=1S/C4H8ClN3O.ClH/c1-7-4(6)8-2-3(5)9;/h2H2,1H3,(H3,6,7,8);1H. The molecular formula is C4H9Cl2N3O. The van der Waals surface area contributed by atoms with Gasteiger partial charge in [0, 0.05) is 7.05 Å². The Morgan fingerprint density at radius 3 is 2.50 bits per heavy atom. The number of hydrogen-bond acceptors (Lipinski definition) is 2. The third-order valence-corrected chi connectivity index (χ3v) is 0.788. The summed E-state index contributed by atoms with van der Waals surface area (Å²) in [5.41, 5.74) is 0. The zero-order chi connectivity index (χ0) is 7.28. The topological polar surface area (TPSA) is 65.0 Å². The first kappa shape index (κ1) is 12.2. The van der Waals surface area contributed by atoms with Crippen LogP contribution in [0.15, 0.2) is 0 Å².